The van der Waals surface area contributed by atoms with Crippen molar-refractivity contribution in [3.8, 4) is 0 Å². The van der Waals surface area contributed by atoms with Crippen LogP contribution in [-0.2, 0) is 4.79 Å². The summed E-state index contributed by atoms with van der Waals surface area (Å²) in [4.78, 5) is 12.6. The largest absolute Gasteiger partial charge is 0.352 e. The minimum Gasteiger partial charge on any atom is -0.352 e. The molecule has 0 spiro atoms. The second-order valence-electron chi connectivity index (χ2n) is 7.24. The molecule has 3 rings (SSSR count). The highest BCUT2D eigenvalue weighted by Gasteiger charge is 2.42. The molecular weight excluding hydrogens is 298 g/mol. The van der Waals surface area contributed by atoms with E-state index in [9.17, 15) is 4.79 Å². The SMILES string of the molecule is Cc1nn(C(C)C(=O)NC(C)C2CC3CCC2C3)c(C)c1Cl. The molecule has 0 aliphatic heterocycles. The average Bonchev–Trinajstić information content (AvgIpc) is 3.18. The summed E-state index contributed by atoms with van der Waals surface area (Å²) in [6.07, 6.45) is 5.39. The van der Waals surface area contributed by atoms with Crippen LogP contribution >= 0.6 is 11.6 Å². The number of aromatic nitrogens is 2. The molecule has 2 bridgehead atoms. The van der Waals surface area contributed by atoms with Gasteiger partial charge in [-0.1, -0.05) is 18.0 Å². The molecule has 5 atom stereocenters. The Morgan fingerprint density at radius 3 is 2.55 bits per heavy atom. The first kappa shape index (κ1) is 15.9. The first-order valence-electron chi connectivity index (χ1n) is 8.40. The van der Waals surface area contributed by atoms with Crippen LogP contribution in [0.2, 0.25) is 5.02 Å². The van der Waals surface area contributed by atoms with Gasteiger partial charge in [-0.15, -0.1) is 0 Å². The Labute approximate surface area is 137 Å². The van der Waals surface area contributed by atoms with Crippen LogP contribution in [0.4, 0.5) is 0 Å². The lowest BCUT2D eigenvalue weighted by atomic mass is 9.84. The molecule has 0 radical (unpaired) electrons. The number of aryl methyl sites for hydroxylation is 1. The predicted molar refractivity (Wildman–Crippen MR) is 88.0 cm³/mol. The van der Waals surface area contributed by atoms with Gasteiger partial charge in [0.2, 0.25) is 5.91 Å². The number of hydrogen-bond donors (Lipinski definition) is 1. The molecule has 2 aliphatic carbocycles. The summed E-state index contributed by atoms with van der Waals surface area (Å²) in [6, 6.07) is -0.0788. The highest BCUT2D eigenvalue weighted by Crippen LogP contribution is 2.49. The molecule has 122 valence electrons. The molecule has 1 amide bonds. The molecule has 4 nitrogen and oxygen atoms in total. The summed E-state index contributed by atoms with van der Waals surface area (Å²) in [5.74, 6) is 2.41. The van der Waals surface area contributed by atoms with E-state index in [1.807, 2.05) is 20.8 Å². The Bertz CT molecular complexity index is 583. The number of nitrogens with zero attached hydrogens (tertiary/aromatic N) is 2. The minimum absolute atomic E-state index is 0.0394. The zero-order chi connectivity index (χ0) is 16.0. The lowest BCUT2D eigenvalue weighted by Crippen LogP contribution is -2.43. The van der Waals surface area contributed by atoms with Crippen molar-refractivity contribution in [2.24, 2.45) is 17.8 Å². The average molecular weight is 324 g/mol. The Morgan fingerprint density at radius 1 is 1.32 bits per heavy atom. The topological polar surface area (TPSA) is 46.9 Å². The highest BCUT2D eigenvalue weighted by molar-refractivity contribution is 6.31. The van der Waals surface area contributed by atoms with Crippen LogP contribution in [0.1, 0.15) is 57.0 Å². The number of nitrogens with one attached hydrogen (secondary N) is 1. The third-order valence-corrected chi connectivity index (χ3v) is 6.33. The molecule has 22 heavy (non-hydrogen) atoms. The number of hydrogen-bond acceptors (Lipinski definition) is 2. The zero-order valence-corrected chi connectivity index (χ0v) is 14.7. The minimum atomic E-state index is -0.327. The number of carbonyl (C=O) groups excluding carboxylic acids is 1. The van der Waals surface area contributed by atoms with Gasteiger partial charge in [-0.05, 0) is 64.7 Å². The van der Waals surface area contributed by atoms with Crippen molar-refractivity contribution in [3.63, 3.8) is 0 Å². The molecule has 1 N–H and O–H groups in total. The number of rotatable bonds is 4. The van der Waals surface area contributed by atoms with Crippen LogP contribution in [-0.4, -0.2) is 21.7 Å². The Morgan fingerprint density at radius 2 is 2.05 bits per heavy atom. The molecule has 0 aromatic carbocycles. The smallest absolute Gasteiger partial charge is 0.244 e. The molecule has 1 aromatic rings. The van der Waals surface area contributed by atoms with E-state index in [1.54, 1.807) is 4.68 Å². The summed E-state index contributed by atoms with van der Waals surface area (Å²) in [6.45, 7) is 7.82. The van der Waals surface area contributed by atoms with Gasteiger partial charge in [0, 0.05) is 6.04 Å². The van der Waals surface area contributed by atoms with Crippen molar-refractivity contribution in [2.75, 3.05) is 0 Å². The van der Waals surface area contributed by atoms with Crippen molar-refractivity contribution in [1.29, 1.82) is 0 Å². The Balaban J connectivity index is 1.65. The van der Waals surface area contributed by atoms with Gasteiger partial charge < -0.3 is 5.32 Å². The normalized spacial score (nSPS) is 29.6. The fourth-order valence-electron chi connectivity index (χ4n) is 4.49. The van der Waals surface area contributed by atoms with Crippen LogP contribution in [0.3, 0.4) is 0 Å². The quantitative estimate of drug-likeness (QED) is 0.919. The fraction of sp³-hybridized carbons (Fsp3) is 0.765. The van der Waals surface area contributed by atoms with Crippen LogP contribution in [0.25, 0.3) is 0 Å². The summed E-state index contributed by atoms with van der Waals surface area (Å²) >= 11 is 6.18. The number of amides is 1. The zero-order valence-electron chi connectivity index (χ0n) is 13.9. The first-order valence-corrected chi connectivity index (χ1v) is 8.77. The maximum absolute atomic E-state index is 12.6. The molecular formula is C17H26ClN3O. The molecule has 1 heterocycles. The van der Waals surface area contributed by atoms with Crippen molar-refractivity contribution in [2.45, 2.75) is 65.5 Å². The second-order valence-corrected chi connectivity index (χ2v) is 7.62. The predicted octanol–water partition coefficient (Wildman–Crippen LogP) is 3.66. The Hall–Kier alpha value is -1.03. The third-order valence-electron chi connectivity index (χ3n) is 5.79. The van der Waals surface area contributed by atoms with E-state index in [1.165, 1.54) is 25.7 Å². The lowest BCUT2D eigenvalue weighted by molar-refractivity contribution is -0.125. The van der Waals surface area contributed by atoms with Gasteiger partial charge in [-0.3, -0.25) is 9.48 Å². The van der Waals surface area contributed by atoms with Crippen molar-refractivity contribution in [3.05, 3.63) is 16.4 Å². The molecule has 0 saturated heterocycles. The van der Waals surface area contributed by atoms with Gasteiger partial charge in [-0.2, -0.15) is 5.10 Å². The summed E-state index contributed by atoms with van der Waals surface area (Å²) in [7, 11) is 0. The maximum Gasteiger partial charge on any atom is 0.244 e. The van der Waals surface area contributed by atoms with E-state index in [2.05, 4.69) is 17.3 Å². The van der Waals surface area contributed by atoms with Gasteiger partial charge in [0.15, 0.2) is 0 Å². The molecule has 2 fully saturated rings. The van der Waals surface area contributed by atoms with Gasteiger partial charge >= 0.3 is 0 Å². The number of carbonyl (C=O) groups is 1. The van der Waals surface area contributed by atoms with E-state index >= 15 is 0 Å². The second kappa shape index (κ2) is 5.88. The van der Waals surface area contributed by atoms with Gasteiger partial charge in [0.25, 0.3) is 0 Å². The van der Waals surface area contributed by atoms with E-state index in [-0.39, 0.29) is 18.0 Å². The van der Waals surface area contributed by atoms with E-state index in [0.29, 0.717) is 10.9 Å². The molecule has 5 heteroatoms. The molecule has 2 saturated carbocycles. The standard InChI is InChI=1S/C17H26ClN3O/c1-9(15-8-13-5-6-14(15)7-13)19-17(22)12(4)21-11(3)16(18)10(2)20-21/h9,12-15H,5-8H2,1-4H3,(H,19,22). The van der Waals surface area contributed by atoms with Crippen LogP contribution in [0.15, 0.2) is 0 Å². The van der Waals surface area contributed by atoms with Crippen LogP contribution in [0, 0.1) is 31.6 Å². The molecule has 2 aliphatic rings. The Kier molecular flexibility index (Phi) is 4.23. The lowest BCUT2D eigenvalue weighted by Gasteiger charge is -2.29. The van der Waals surface area contributed by atoms with Gasteiger partial charge in [-0.25, -0.2) is 0 Å². The first-order chi connectivity index (χ1) is 10.4. The summed E-state index contributed by atoms with van der Waals surface area (Å²) in [5.41, 5.74) is 1.63. The highest BCUT2D eigenvalue weighted by atomic mass is 35.5. The van der Waals surface area contributed by atoms with Crippen molar-refractivity contribution in [1.82, 2.24) is 15.1 Å². The van der Waals surface area contributed by atoms with Crippen LogP contribution in [0.5, 0.6) is 0 Å². The fourth-order valence-corrected chi connectivity index (χ4v) is 4.61. The van der Waals surface area contributed by atoms with Gasteiger partial charge in [0.05, 0.1) is 16.4 Å². The van der Waals surface area contributed by atoms with Crippen LogP contribution < -0.4 is 5.32 Å². The van der Waals surface area contributed by atoms with E-state index in [0.717, 1.165) is 23.2 Å². The van der Waals surface area contributed by atoms with E-state index in [4.69, 9.17) is 11.6 Å². The molecule has 1 aromatic heterocycles. The van der Waals surface area contributed by atoms with Gasteiger partial charge in [0.1, 0.15) is 6.04 Å². The number of fused-ring (bicyclic) bond motifs is 2. The summed E-state index contributed by atoms with van der Waals surface area (Å²) < 4.78 is 1.74. The monoisotopic (exact) mass is 323 g/mol. The molecule has 5 unspecified atom stereocenters. The third kappa shape index (κ3) is 2.66. The van der Waals surface area contributed by atoms with Crippen molar-refractivity contribution >= 4 is 17.5 Å². The summed E-state index contributed by atoms with van der Waals surface area (Å²) in [5, 5.41) is 8.27. The maximum atomic E-state index is 12.6. The van der Waals surface area contributed by atoms with Crippen molar-refractivity contribution < 1.29 is 4.79 Å². The number of halogens is 1. The van der Waals surface area contributed by atoms with E-state index < -0.39 is 0 Å².